The van der Waals surface area contributed by atoms with Crippen molar-refractivity contribution in [3.63, 3.8) is 0 Å². The van der Waals surface area contributed by atoms with Gasteiger partial charge in [0.2, 0.25) is 0 Å². The molecule has 0 amide bonds. The third-order valence-corrected chi connectivity index (χ3v) is 4.05. The van der Waals surface area contributed by atoms with Gasteiger partial charge in [-0.3, -0.25) is 4.90 Å². The zero-order valence-electron chi connectivity index (χ0n) is 12.6. The summed E-state index contributed by atoms with van der Waals surface area (Å²) in [5.74, 6) is 1.97. The molecular weight excluding hydrogens is 264 g/mol. The van der Waals surface area contributed by atoms with Crippen LogP contribution in [0.3, 0.4) is 0 Å². The summed E-state index contributed by atoms with van der Waals surface area (Å²) in [6, 6.07) is 8.51. The maximum absolute atomic E-state index is 5.26. The van der Waals surface area contributed by atoms with Crippen molar-refractivity contribution in [2.24, 2.45) is 7.05 Å². The van der Waals surface area contributed by atoms with Crippen molar-refractivity contribution < 1.29 is 4.74 Å². The summed E-state index contributed by atoms with van der Waals surface area (Å²) in [6.07, 6.45) is 3.88. The molecule has 1 aliphatic rings. The highest BCUT2D eigenvalue weighted by atomic mass is 16.5. The Morgan fingerprint density at radius 1 is 1.19 bits per heavy atom. The van der Waals surface area contributed by atoms with E-state index in [0.717, 1.165) is 37.8 Å². The largest absolute Gasteiger partial charge is 0.497 e. The average molecular weight is 286 g/mol. The smallest absolute Gasteiger partial charge is 0.130 e. The number of ether oxygens (including phenoxy) is 1. The zero-order chi connectivity index (χ0) is 14.7. The van der Waals surface area contributed by atoms with E-state index < -0.39 is 0 Å². The predicted octanol–water partition coefficient (Wildman–Crippen LogP) is 1.42. The van der Waals surface area contributed by atoms with Crippen LogP contribution >= 0.6 is 0 Å². The van der Waals surface area contributed by atoms with Gasteiger partial charge >= 0.3 is 0 Å². The number of benzene rings is 1. The quantitative estimate of drug-likeness (QED) is 0.923. The Bertz CT molecular complexity index is 572. The van der Waals surface area contributed by atoms with E-state index in [1.165, 1.54) is 5.56 Å². The van der Waals surface area contributed by atoms with Crippen molar-refractivity contribution in [2.75, 3.05) is 33.3 Å². The van der Waals surface area contributed by atoms with E-state index in [9.17, 15) is 0 Å². The lowest BCUT2D eigenvalue weighted by molar-refractivity contribution is 0.190. The lowest BCUT2D eigenvalue weighted by Crippen LogP contribution is -2.46. The highest BCUT2D eigenvalue weighted by Crippen LogP contribution is 2.28. The van der Waals surface area contributed by atoms with Gasteiger partial charge in [0.15, 0.2) is 0 Å². The summed E-state index contributed by atoms with van der Waals surface area (Å²) in [7, 11) is 3.75. The minimum absolute atomic E-state index is 0.193. The van der Waals surface area contributed by atoms with Gasteiger partial charge in [0, 0.05) is 45.6 Å². The van der Waals surface area contributed by atoms with Crippen molar-refractivity contribution in [2.45, 2.75) is 6.04 Å². The normalized spacial score (nSPS) is 17.6. The van der Waals surface area contributed by atoms with E-state index in [1.807, 2.05) is 24.5 Å². The first kappa shape index (κ1) is 14.1. The number of aromatic nitrogens is 2. The Balaban J connectivity index is 1.96. The highest BCUT2D eigenvalue weighted by Gasteiger charge is 2.26. The SMILES string of the molecule is COc1ccc(C(c2nccn2C)N2CCNCC2)cc1. The van der Waals surface area contributed by atoms with E-state index in [-0.39, 0.29) is 6.04 Å². The first-order valence-electron chi connectivity index (χ1n) is 7.35. The van der Waals surface area contributed by atoms with Crippen LogP contribution in [0.25, 0.3) is 0 Å². The van der Waals surface area contributed by atoms with Crippen LogP contribution < -0.4 is 10.1 Å². The van der Waals surface area contributed by atoms with Crippen LogP contribution in [0, 0.1) is 0 Å². The Morgan fingerprint density at radius 2 is 1.90 bits per heavy atom. The molecule has 3 rings (SSSR count). The standard InChI is InChI=1S/C16H22N4O/c1-19-10-9-18-16(19)15(20-11-7-17-8-12-20)13-3-5-14(21-2)6-4-13/h3-6,9-10,15,17H,7-8,11-12H2,1-2H3. The third-order valence-electron chi connectivity index (χ3n) is 4.05. The number of hydrogen-bond donors (Lipinski definition) is 1. The van der Waals surface area contributed by atoms with Crippen LogP contribution in [0.2, 0.25) is 0 Å². The number of nitrogens with one attached hydrogen (secondary N) is 1. The first-order chi connectivity index (χ1) is 10.3. The molecule has 0 saturated carbocycles. The van der Waals surface area contributed by atoms with Crippen molar-refractivity contribution in [1.29, 1.82) is 0 Å². The van der Waals surface area contributed by atoms with Gasteiger partial charge in [0.25, 0.3) is 0 Å². The second-order valence-corrected chi connectivity index (χ2v) is 5.36. The second-order valence-electron chi connectivity index (χ2n) is 5.36. The average Bonchev–Trinajstić information content (AvgIpc) is 2.95. The molecule has 2 heterocycles. The molecule has 1 aliphatic heterocycles. The number of aryl methyl sites for hydroxylation is 1. The van der Waals surface area contributed by atoms with Gasteiger partial charge in [-0.25, -0.2) is 4.98 Å². The Labute approximate surface area is 125 Å². The molecule has 1 atom stereocenters. The topological polar surface area (TPSA) is 42.3 Å². The van der Waals surface area contributed by atoms with Gasteiger partial charge < -0.3 is 14.6 Å². The van der Waals surface area contributed by atoms with E-state index in [4.69, 9.17) is 4.74 Å². The number of hydrogen-bond acceptors (Lipinski definition) is 4. The second kappa shape index (κ2) is 6.28. The van der Waals surface area contributed by atoms with Crippen molar-refractivity contribution in [3.8, 4) is 5.75 Å². The van der Waals surface area contributed by atoms with Crippen molar-refractivity contribution in [3.05, 3.63) is 48.0 Å². The molecule has 0 bridgehead atoms. The molecule has 1 saturated heterocycles. The number of imidazole rings is 1. The van der Waals surface area contributed by atoms with Crippen LogP contribution in [0.15, 0.2) is 36.7 Å². The molecule has 5 nitrogen and oxygen atoms in total. The summed E-state index contributed by atoms with van der Waals surface area (Å²) in [5.41, 5.74) is 1.26. The van der Waals surface area contributed by atoms with Gasteiger partial charge in [0.1, 0.15) is 11.6 Å². The molecule has 5 heteroatoms. The van der Waals surface area contributed by atoms with Crippen LogP contribution in [0.4, 0.5) is 0 Å². The number of piperazine rings is 1. The first-order valence-corrected chi connectivity index (χ1v) is 7.35. The number of rotatable bonds is 4. The molecule has 0 spiro atoms. The number of methoxy groups -OCH3 is 1. The molecule has 0 radical (unpaired) electrons. The van der Waals surface area contributed by atoms with E-state index in [0.29, 0.717) is 0 Å². The van der Waals surface area contributed by atoms with Crippen molar-refractivity contribution in [1.82, 2.24) is 19.8 Å². The molecule has 21 heavy (non-hydrogen) atoms. The summed E-state index contributed by atoms with van der Waals surface area (Å²) < 4.78 is 7.37. The summed E-state index contributed by atoms with van der Waals surface area (Å²) in [5, 5.41) is 3.41. The third kappa shape index (κ3) is 2.94. The monoisotopic (exact) mass is 286 g/mol. The van der Waals surface area contributed by atoms with Crippen molar-refractivity contribution >= 4 is 0 Å². The summed E-state index contributed by atoms with van der Waals surface area (Å²) in [4.78, 5) is 7.07. The van der Waals surface area contributed by atoms with Gasteiger partial charge in [-0.1, -0.05) is 12.1 Å². The number of nitrogens with zero attached hydrogens (tertiary/aromatic N) is 3. The minimum Gasteiger partial charge on any atom is -0.497 e. The van der Waals surface area contributed by atoms with Crippen LogP contribution in [-0.4, -0.2) is 47.7 Å². The highest BCUT2D eigenvalue weighted by molar-refractivity contribution is 5.32. The minimum atomic E-state index is 0.193. The Hall–Kier alpha value is -1.85. The molecule has 1 unspecified atom stereocenters. The van der Waals surface area contributed by atoms with Crippen LogP contribution in [-0.2, 0) is 7.05 Å². The van der Waals surface area contributed by atoms with Gasteiger partial charge in [-0.05, 0) is 17.7 Å². The molecule has 0 aliphatic carbocycles. The summed E-state index contributed by atoms with van der Waals surface area (Å²) in [6.45, 7) is 4.11. The van der Waals surface area contributed by atoms with E-state index >= 15 is 0 Å². The Kier molecular flexibility index (Phi) is 4.22. The van der Waals surface area contributed by atoms with Crippen LogP contribution in [0.1, 0.15) is 17.4 Å². The van der Waals surface area contributed by atoms with E-state index in [2.05, 4.69) is 38.9 Å². The fraction of sp³-hybridized carbons (Fsp3) is 0.438. The van der Waals surface area contributed by atoms with Gasteiger partial charge in [-0.2, -0.15) is 0 Å². The lowest BCUT2D eigenvalue weighted by Gasteiger charge is -2.34. The molecule has 112 valence electrons. The lowest BCUT2D eigenvalue weighted by atomic mass is 10.0. The predicted molar refractivity (Wildman–Crippen MR) is 82.5 cm³/mol. The van der Waals surface area contributed by atoms with Crippen LogP contribution in [0.5, 0.6) is 5.75 Å². The Morgan fingerprint density at radius 3 is 2.48 bits per heavy atom. The molecule has 1 aromatic heterocycles. The van der Waals surface area contributed by atoms with Gasteiger partial charge in [0.05, 0.1) is 13.2 Å². The fourth-order valence-corrected chi connectivity index (χ4v) is 2.89. The fourth-order valence-electron chi connectivity index (χ4n) is 2.89. The maximum Gasteiger partial charge on any atom is 0.130 e. The summed E-state index contributed by atoms with van der Waals surface area (Å²) >= 11 is 0. The molecule has 1 N–H and O–H groups in total. The molecule has 1 aromatic carbocycles. The van der Waals surface area contributed by atoms with Gasteiger partial charge in [-0.15, -0.1) is 0 Å². The zero-order valence-corrected chi connectivity index (χ0v) is 12.6. The van der Waals surface area contributed by atoms with E-state index in [1.54, 1.807) is 7.11 Å². The molecule has 2 aromatic rings. The maximum atomic E-state index is 5.26. The molecular formula is C16H22N4O. The molecule has 1 fully saturated rings.